The van der Waals surface area contributed by atoms with Crippen molar-refractivity contribution in [2.45, 2.75) is 30.9 Å². The molecule has 0 unspecified atom stereocenters. The van der Waals surface area contributed by atoms with Crippen LogP contribution in [0.4, 0.5) is 19.3 Å². The highest BCUT2D eigenvalue weighted by Gasteiger charge is 2.38. The van der Waals surface area contributed by atoms with Gasteiger partial charge in [0.25, 0.3) is 0 Å². The molecular formula is C29H30F2N4O5S. The van der Waals surface area contributed by atoms with E-state index >= 15 is 0 Å². The summed E-state index contributed by atoms with van der Waals surface area (Å²) in [6, 6.07) is 14.8. The van der Waals surface area contributed by atoms with Gasteiger partial charge in [0.2, 0.25) is 10.0 Å². The Labute approximate surface area is 237 Å². The average Bonchev–Trinajstić information content (AvgIpc) is 2.96. The van der Waals surface area contributed by atoms with Gasteiger partial charge in [-0.3, -0.25) is 0 Å². The molecule has 0 aliphatic carbocycles. The summed E-state index contributed by atoms with van der Waals surface area (Å²) in [5.41, 5.74) is 1.39. The smallest absolute Gasteiger partial charge is 0.321 e. The van der Waals surface area contributed by atoms with Crippen LogP contribution in [0.5, 0.6) is 5.75 Å². The highest BCUT2D eigenvalue weighted by Crippen LogP contribution is 2.36. The van der Waals surface area contributed by atoms with Crippen LogP contribution >= 0.6 is 0 Å². The molecular weight excluding hydrogens is 554 g/mol. The maximum Gasteiger partial charge on any atom is 0.321 e. The van der Waals surface area contributed by atoms with Gasteiger partial charge >= 0.3 is 6.03 Å². The van der Waals surface area contributed by atoms with Crippen molar-refractivity contribution in [3.8, 4) is 22.9 Å². The molecule has 0 bridgehead atoms. The van der Waals surface area contributed by atoms with Crippen molar-refractivity contribution in [3.05, 3.63) is 77.9 Å². The van der Waals surface area contributed by atoms with E-state index in [1.807, 2.05) is 0 Å². The first-order valence-corrected chi connectivity index (χ1v) is 14.3. The van der Waals surface area contributed by atoms with Crippen LogP contribution in [-0.2, 0) is 10.0 Å². The van der Waals surface area contributed by atoms with E-state index in [1.165, 1.54) is 22.3 Å². The number of likely N-dealkylation sites (N-methyl/N-ethyl adjacent to an activating group) is 1. The zero-order valence-corrected chi connectivity index (χ0v) is 23.5. The number of nitrogens with zero attached hydrogens (tertiary/aromatic N) is 3. The molecule has 3 aromatic rings. The number of sulfonamides is 1. The Morgan fingerprint density at radius 2 is 1.93 bits per heavy atom. The topological polar surface area (TPSA) is 123 Å². The van der Waals surface area contributed by atoms with Crippen LogP contribution in [0.15, 0.2) is 65.6 Å². The Kier molecular flexibility index (Phi) is 8.92. The van der Waals surface area contributed by atoms with Gasteiger partial charge in [0, 0.05) is 31.6 Å². The molecule has 0 radical (unpaired) electrons. The lowest BCUT2D eigenvalue weighted by atomic mass is 10.0. The number of hydrogen-bond acceptors (Lipinski definition) is 6. The number of halogens is 2. The molecule has 2 N–H and O–H groups in total. The fraction of sp³-hybridized carbons (Fsp3) is 0.310. The number of amides is 2. The standard InChI is InChI=1S/C29H30F2N4O5S/c1-18-15-35(19(2)17-36)41(38,39)28-10-7-22(21-6-4-5-20(11-21)14-32)12-26(28)40-27(18)16-34(3)29(37)33-25-13-23(30)8-9-24(25)31/h4-13,18-19,27,36H,15-17H2,1-3H3,(H,33,37)/t18-,19+,27+/m1/s1. The second-order valence-corrected chi connectivity index (χ2v) is 11.9. The molecule has 9 nitrogen and oxygen atoms in total. The fourth-order valence-corrected chi connectivity index (χ4v) is 6.37. The molecule has 0 saturated carbocycles. The second kappa shape index (κ2) is 12.2. The first-order chi connectivity index (χ1) is 19.4. The summed E-state index contributed by atoms with van der Waals surface area (Å²) >= 11 is 0. The first-order valence-electron chi connectivity index (χ1n) is 12.9. The number of nitriles is 1. The largest absolute Gasteiger partial charge is 0.487 e. The van der Waals surface area contributed by atoms with E-state index in [4.69, 9.17) is 4.74 Å². The van der Waals surface area contributed by atoms with Crippen LogP contribution in [0.2, 0.25) is 0 Å². The molecule has 0 fully saturated rings. The highest BCUT2D eigenvalue weighted by atomic mass is 32.2. The Hall–Kier alpha value is -4.05. The quantitative estimate of drug-likeness (QED) is 0.442. The maximum absolute atomic E-state index is 14.1. The third-order valence-electron chi connectivity index (χ3n) is 6.96. The Morgan fingerprint density at radius 3 is 2.63 bits per heavy atom. The van der Waals surface area contributed by atoms with Gasteiger partial charge in [0.15, 0.2) is 0 Å². The minimum absolute atomic E-state index is 0.00584. The predicted molar refractivity (Wildman–Crippen MR) is 149 cm³/mol. The lowest BCUT2D eigenvalue weighted by Gasteiger charge is -2.37. The molecule has 216 valence electrons. The van der Waals surface area contributed by atoms with E-state index in [1.54, 1.807) is 50.2 Å². The number of aliphatic hydroxyl groups excluding tert-OH is 1. The maximum atomic E-state index is 14.1. The summed E-state index contributed by atoms with van der Waals surface area (Å²) in [7, 11) is -2.64. The van der Waals surface area contributed by atoms with Gasteiger partial charge in [-0.1, -0.05) is 25.1 Å². The molecule has 3 atom stereocenters. The predicted octanol–water partition coefficient (Wildman–Crippen LogP) is 4.44. The number of anilines is 1. The van der Waals surface area contributed by atoms with E-state index in [0.29, 0.717) is 16.7 Å². The summed E-state index contributed by atoms with van der Waals surface area (Å²) in [6.07, 6.45) is -0.730. The van der Waals surface area contributed by atoms with Crippen LogP contribution in [0.25, 0.3) is 11.1 Å². The number of fused-ring (bicyclic) bond motifs is 1. The molecule has 3 aromatic carbocycles. The normalized spacial score (nSPS) is 19.0. The number of ether oxygens (including phenoxy) is 1. The molecule has 1 aliphatic rings. The van der Waals surface area contributed by atoms with Crippen LogP contribution in [-0.4, -0.2) is 67.7 Å². The number of urea groups is 1. The van der Waals surface area contributed by atoms with Gasteiger partial charge in [0.05, 0.1) is 30.5 Å². The second-order valence-electron chi connectivity index (χ2n) is 10.0. The Bertz CT molecular complexity index is 1590. The summed E-state index contributed by atoms with van der Waals surface area (Å²) in [6.45, 7) is 2.91. The third kappa shape index (κ3) is 6.48. The number of carbonyl (C=O) groups is 1. The third-order valence-corrected chi connectivity index (χ3v) is 8.98. The number of nitrogens with one attached hydrogen (secondary N) is 1. The summed E-state index contributed by atoms with van der Waals surface area (Å²) < 4.78 is 62.6. The zero-order valence-electron chi connectivity index (χ0n) is 22.7. The zero-order chi connectivity index (χ0) is 29.9. The van der Waals surface area contributed by atoms with Gasteiger partial charge in [-0.2, -0.15) is 9.57 Å². The molecule has 0 spiro atoms. The molecule has 0 aromatic heterocycles. The monoisotopic (exact) mass is 584 g/mol. The molecule has 0 saturated heterocycles. The summed E-state index contributed by atoms with van der Waals surface area (Å²) in [5, 5.41) is 21.5. The highest BCUT2D eigenvalue weighted by molar-refractivity contribution is 7.89. The van der Waals surface area contributed by atoms with E-state index in [-0.39, 0.29) is 29.4 Å². The number of aliphatic hydroxyl groups is 1. The van der Waals surface area contributed by atoms with Gasteiger partial charge in [-0.15, -0.1) is 0 Å². The van der Waals surface area contributed by atoms with Crippen LogP contribution in [0, 0.1) is 28.9 Å². The minimum atomic E-state index is -4.09. The van der Waals surface area contributed by atoms with E-state index in [0.717, 1.165) is 18.2 Å². The van der Waals surface area contributed by atoms with Gasteiger partial charge < -0.3 is 20.1 Å². The van der Waals surface area contributed by atoms with Crippen molar-refractivity contribution in [2.75, 3.05) is 32.1 Å². The van der Waals surface area contributed by atoms with Crippen LogP contribution < -0.4 is 10.1 Å². The molecule has 4 rings (SSSR count). The summed E-state index contributed by atoms with van der Waals surface area (Å²) in [5.74, 6) is -1.93. The SMILES string of the molecule is C[C@@H]1CN([C@@H](C)CO)S(=O)(=O)c2ccc(-c3cccc(C#N)c3)cc2O[C@H]1CN(C)C(=O)Nc1cc(F)ccc1F. The van der Waals surface area contributed by atoms with Crippen molar-refractivity contribution in [2.24, 2.45) is 5.92 Å². The fourth-order valence-electron chi connectivity index (χ4n) is 4.55. The molecule has 2 amide bonds. The number of benzene rings is 3. The summed E-state index contributed by atoms with van der Waals surface area (Å²) in [4.78, 5) is 14.0. The minimum Gasteiger partial charge on any atom is -0.487 e. The van der Waals surface area contributed by atoms with Crippen molar-refractivity contribution in [1.29, 1.82) is 5.26 Å². The molecule has 41 heavy (non-hydrogen) atoms. The number of rotatable bonds is 6. The van der Waals surface area contributed by atoms with E-state index in [9.17, 15) is 32.4 Å². The van der Waals surface area contributed by atoms with Crippen LogP contribution in [0.3, 0.4) is 0 Å². The van der Waals surface area contributed by atoms with Crippen molar-refractivity contribution in [1.82, 2.24) is 9.21 Å². The number of carbonyl (C=O) groups excluding carboxylic acids is 1. The molecule has 1 aliphatic heterocycles. The van der Waals surface area contributed by atoms with Gasteiger partial charge in [0.1, 0.15) is 28.4 Å². The van der Waals surface area contributed by atoms with Gasteiger partial charge in [-0.25, -0.2) is 22.0 Å². The van der Waals surface area contributed by atoms with Crippen LogP contribution in [0.1, 0.15) is 19.4 Å². The van der Waals surface area contributed by atoms with E-state index in [2.05, 4.69) is 11.4 Å². The molecule has 12 heteroatoms. The van der Waals surface area contributed by atoms with Crippen molar-refractivity contribution < 1.29 is 31.8 Å². The lowest BCUT2D eigenvalue weighted by molar-refractivity contribution is 0.0830. The van der Waals surface area contributed by atoms with Crippen molar-refractivity contribution >= 4 is 21.7 Å². The number of hydrogen-bond donors (Lipinski definition) is 2. The lowest BCUT2D eigenvalue weighted by Crippen LogP contribution is -2.50. The Balaban J connectivity index is 1.71. The van der Waals surface area contributed by atoms with Gasteiger partial charge in [-0.05, 0) is 54.4 Å². The average molecular weight is 585 g/mol. The Morgan fingerprint density at radius 1 is 1.20 bits per heavy atom. The molecule has 1 heterocycles. The van der Waals surface area contributed by atoms with E-state index < -0.39 is 52.4 Å². The first kappa shape index (κ1) is 29.9. The van der Waals surface area contributed by atoms with Crippen molar-refractivity contribution in [3.63, 3.8) is 0 Å².